The molecule has 2 saturated heterocycles. The van der Waals surface area contributed by atoms with Crippen molar-refractivity contribution < 1.29 is 19.1 Å². The maximum Gasteiger partial charge on any atom is 0.245 e. The van der Waals surface area contributed by atoms with Crippen LogP contribution in [0.5, 0.6) is 0 Å². The van der Waals surface area contributed by atoms with Crippen LogP contribution in [0.2, 0.25) is 0 Å². The Morgan fingerprint density at radius 3 is 2.17 bits per heavy atom. The number of nitrogens with one attached hydrogen (secondary N) is 1. The summed E-state index contributed by atoms with van der Waals surface area (Å²) in [5, 5.41) is 3.09. The van der Waals surface area contributed by atoms with Gasteiger partial charge in [-0.05, 0) is 36.3 Å². The summed E-state index contributed by atoms with van der Waals surface area (Å²) in [6.45, 7) is 3.56. The van der Waals surface area contributed by atoms with Crippen LogP contribution in [-0.2, 0) is 25.5 Å². The molecule has 7 heteroatoms. The third kappa shape index (κ3) is 5.78. The van der Waals surface area contributed by atoms with E-state index < -0.39 is 6.04 Å². The molecule has 2 unspecified atom stereocenters. The fourth-order valence-corrected chi connectivity index (χ4v) is 5.49. The molecule has 0 bridgehead atoms. The zero-order valence-corrected chi connectivity index (χ0v) is 20.7. The number of nitrogens with zero attached hydrogens (tertiary/aromatic N) is 2. The number of morpholine rings is 1. The average Bonchev–Trinajstić information content (AvgIpc) is 3.75. The fourth-order valence-electron chi connectivity index (χ4n) is 5.49. The van der Waals surface area contributed by atoms with Gasteiger partial charge in [-0.1, -0.05) is 60.7 Å². The van der Waals surface area contributed by atoms with E-state index in [2.05, 4.69) is 17.4 Å². The predicted molar refractivity (Wildman–Crippen MR) is 136 cm³/mol. The summed E-state index contributed by atoms with van der Waals surface area (Å²) in [7, 11) is 0. The van der Waals surface area contributed by atoms with E-state index in [0.29, 0.717) is 58.7 Å². The van der Waals surface area contributed by atoms with Crippen LogP contribution >= 0.6 is 0 Å². The Morgan fingerprint density at radius 2 is 1.50 bits per heavy atom. The van der Waals surface area contributed by atoms with Crippen LogP contribution < -0.4 is 5.32 Å². The highest BCUT2D eigenvalue weighted by Gasteiger charge is 2.45. The van der Waals surface area contributed by atoms with Gasteiger partial charge in [-0.25, -0.2) is 0 Å². The van der Waals surface area contributed by atoms with Gasteiger partial charge in [-0.15, -0.1) is 0 Å². The van der Waals surface area contributed by atoms with Crippen molar-refractivity contribution in [3.05, 3.63) is 71.8 Å². The third-order valence-electron chi connectivity index (χ3n) is 7.73. The second-order valence-corrected chi connectivity index (χ2v) is 10.1. The second kappa shape index (κ2) is 11.2. The van der Waals surface area contributed by atoms with Crippen LogP contribution in [-0.4, -0.2) is 73.0 Å². The Morgan fingerprint density at radius 1 is 0.861 bits per heavy atom. The fraction of sp³-hybridized carbons (Fsp3) is 0.483. The van der Waals surface area contributed by atoms with Gasteiger partial charge in [0.15, 0.2) is 0 Å². The number of likely N-dealkylation sites (tertiary alicyclic amines) is 1. The van der Waals surface area contributed by atoms with Crippen molar-refractivity contribution in [3.8, 4) is 0 Å². The number of ether oxygens (including phenoxy) is 1. The molecular weight excluding hydrogens is 454 g/mol. The van der Waals surface area contributed by atoms with Crippen molar-refractivity contribution in [1.82, 2.24) is 15.1 Å². The molecule has 2 aromatic rings. The highest BCUT2D eigenvalue weighted by molar-refractivity contribution is 5.90. The lowest BCUT2D eigenvalue weighted by atomic mass is 9.94. The molecule has 0 aromatic heterocycles. The Hall–Kier alpha value is -3.19. The van der Waals surface area contributed by atoms with E-state index in [9.17, 15) is 14.4 Å². The van der Waals surface area contributed by atoms with Crippen molar-refractivity contribution in [2.45, 2.75) is 37.6 Å². The molecular formula is C29H35N3O4. The molecule has 1 N–H and O–H groups in total. The Balaban J connectivity index is 1.21. The standard InChI is InChI=1S/C29H35N3O4/c33-27(25-20-24(25)22-9-5-2-6-10-22)30-26(19-21-7-3-1-4-8-21)29(35)31-13-11-23(12-14-31)28(34)32-15-17-36-18-16-32/h1-10,23-26H,11-20H2,(H,30,33)/t24?,25?,26-/m1/s1. The van der Waals surface area contributed by atoms with Gasteiger partial charge in [0, 0.05) is 44.4 Å². The van der Waals surface area contributed by atoms with E-state index in [-0.39, 0.29) is 35.5 Å². The van der Waals surface area contributed by atoms with Crippen molar-refractivity contribution in [1.29, 1.82) is 0 Å². The average molecular weight is 490 g/mol. The summed E-state index contributed by atoms with van der Waals surface area (Å²) in [6.07, 6.45) is 2.59. The second-order valence-electron chi connectivity index (χ2n) is 10.1. The number of benzene rings is 2. The van der Waals surface area contributed by atoms with Crippen LogP contribution in [0.4, 0.5) is 0 Å². The number of carbonyl (C=O) groups is 3. The van der Waals surface area contributed by atoms with Crippen LogP contribution in [0, 0.1) is 11.8 Å². The Labute approximate surface area is 212 Å². The van der Waals surface area contributed by atoms with E-state index in [1.54, 1.807) is 0 Å². The third-order valence-corrected chi connectivity index (χ3v) is 7.73. The number of hydrogen-bond donors (Lipinski definition) is 1. The molecule has 5 rings (SSSR count). The molecule has 0 spiro atoms. The molecule has 1 saturated carbocycles. The van der Waals surface area contributed by atoms with E-state index in [0.717, 1.165) is 12.0 Å². The summed E-state index contributed by atoms with van der Waals surface area (Å²) in [6, 6.07) is 19.3. The van der Waals surface area contributed by atoms with E-state index in [4.69, 9.17) is 4.74 Å². The largest absolute Gasteiger partial charge is 0.378 e. The topological polar surface area (TPSA) is 79.0 Å². The molecule has 3 fully saturated rings. The number of piperidine rings is 1. The normalized spacial score (nSPS) is 23.1. The zero-order valence-electron chi connectivity index (χ0n) is 20.7. The summed E-state index contributed by atoms with van der Waals surface area (Å²) in [4.78, 5) is 43.4. The van der Waals surface area contributed by atoms with Gasteiger partial charge in [0.25, 0.3) is 0 Å². The number of rotatable bonds is 7. The maximum atomic E-state index is 13.6. The van der Waals surface area contributed by atoms with Gasteiger partial charge in [0.2, 0.25) is 17.7 Å². The molecule has 3 aliphatic rings. The first kappa shape index (κ1) is 24.5. The van der Waals surface area contributed by atoms with Crippen LogP contribution in [0.15, 0.2) is 60.7 Å². The molecule has 7 nitrogen and oxygen atoms in total. The summed E-state index contributed by atoms with van der Waals surface area (Å²) < 4.78 is 5.36. The maximum absolute atomic E-state index is 13.6. The van der Waals surface area contributed by atoms with Crippen molar-refractivity contribution in [3.63, 3.8) is 0 Å². The van der Waals surface area contributed by atoms with Gasteiger partial charge < -0.3 is 19.9 Å². The molecule has 36 heavy (non-hydrogen) atoms. The van der Waals surface area contributed by atoms with E-state index >= 15 is 0 Å². The molecule has 3 amide bonds. The minimum atomic E-state index is -0.608. The summed E-state index contributed by atoms with van der Waals surface area (Å²) in [5.41, 5.74) is 2.19. The van der Waals surface area contributed by atoms with Gasteiger partial charge in [0.05, 0.1) is 13.2 Å². The minimum absolute atomic E-state index is 0.0458. The SMILES string of the molecule is O=C(N[C@H](Cc1ccccc1)C(=O)N1CCC(C(=O)N2CCOCC2)CC1)C1CC1c1ccccc1. The highest BCUT2D eigenvalue weighted by atomic mass is 16.5. The minimum Gasteiger partial charge on any atom is -0.378 e. The van der Waals surface area contributed by atoms with Crippen molar-refractivity contribution in [2.75, 3.05) is 39.4 Å². The molecule has 2 aromatic carbocycles. The first-order chi connectivity index (χ1) is 17.6. The lowest BCUT2D eigenvalue weighted by Crippen LogP contribution is -2.53. The van der Waals surface area contributed by atoms with Crippen LogP contribution in [0.25, 0.3) is 0 Å². The number of carbonyl (C=O) groups excluding carboxylic acids is 3. The van der Waals surface area contributed by atoms with Crippen molar-refractivity contribution in [2.24, 2.45) is 11.8 Å². The number of amides is 3. The van der Waals surface area contributed by atoms with E-state index in [1.165, 1.54) is 5.56 Å². The summed E-state index contributed by atoms with van der Waals surface area (Å²) >= 11 is 0. The molecule has 2 aliphatic heterocycles. The molecule has 190 valence electrons. The van der Waals surface area contributed by atoms with Crippen molar-refractivity contribution >= 4 is 17.7 Å². The predicted octanol–water partition coefficient (Wildman–Crippen LogP) is 2.62. The van der Waals surface area contributed by atoms with Gasteiger partial charge >= 0.3 is 0 Å². The smallest absolute Gasteiger partial charge is 0.245 e. The monoisotopic (exact) mass is 489 g/mol. The summed E-state index contributed by atoms with van der Waals surface area (Å²) in [5.74, 6) is 0.167. The lowest BCUT2D eigenvalue weighted by Gasteiger charge is -2.36. The first-order valence-corrected chi connectivity index (χ1v) is 13.1. The van der Waals surface area contributed by atoms with Gasteiger partial charge in [0.1, 0.15) is 6.04 Å². The zero-order chi connectivity index (χ0) is 24.9. The molecule has 2 heterocycles. The Kier molecular flexibility index (Phi) is 7.66. The Bertz CT molecular complexity index is 1050. The van der Waals surface area contributed by atoms with E-state index in [1.807, 2.05) is 58.3 Å². The first-order valence-electron chi connectivity index (χ1n) is 13.1. The van der Waals surface area contributed by atoms with Crippen LogP contribution in [0.1, 0.15) is 36.3 Å². The number of hydrogen-bond acceptors (Lipinski definition) is 4. The quantitative estimate of drug-likeness (QED) is 0.649. The van der Waals surface area contributed by atoms with Gasteiger partial charge in [-0.2, -0.15) is 0 Å². The van der Waals surface area contributed by atoms with Crippen LogP contribution in [0.3, 0.4) is 0 Å². The lowest BCUT2D eigenvalue weighted by molar-refractivity contribution is -0.144. The highest BCUT2D eigenvalue weighted by Crippen LogP contribution is 2.47. The molecule has 0 radical (unpaired) electrons. The molecule has 1 aliphatic carbocycles. The molecule has 3 atom stereocenters. The van der Waals surface area contributed by atoms with Gasteiger partial charge in [-0.3, -0.25) is 14.4 Å².